The molecule has 1 N–H and O–H groups in total. The molecule has 150 valence electrons. The number of aliphatic hydroxyl groups is 1. The molecule has 0 aliphatic carbocycles. The number of aromatic nitrogens is 4. The smallest absolute Gasteiger partial charge is 0.182 e. The minimum Gasteiger partial charge on any atom is -0.411 e. The predicted molar refractivity (Wildman–Crippen MR) is 104 cm³/mol. The third-order valence-electron chi connectivity index (χ3n) is 4.95. The number of nitrogens with zero attached hydrogens (tertiary/aromatic N) is 4. The van der Waals surface area contributed by atoms with Crippen LogP contribution in [0, 0.1) is 0 Å². The van der Waals surface area contributed by atoms with Crippen LogP contribution in [-0.4, -0.2) is 65.7 Å². The normalized spacial score (nSPS) is 26.1. The fraction of sp³-hybridized carbons (Fsp3) is 0.706. The Kier molecular flexibility index (Phi) is 6.49. The lowest BCUT2D eigenvalue weighted by Gasteiger charge is -2.31. The van der Waals surface area contributed by atoms with Crippen LogP contribution in [0.25, 0.3) is 11.2 Å². The van der Waals surface area contributed by atoms with Gasteiger partial charge in [-0.2, -0.15) is 0 Å². The summed E-state index contributed by atoms with van der Waals surface area (Å²) in [6.07, 6.45) is 1.22. The van der Waals surface area contributed by atoms with E-state index < -0.39 is 27.5 Å². The second-order valence-corrected chi connectivity index (χ2v) is 11.7. The van der Waals surface area contributed by atoms with E-state index in [2.05, 4.69) is 42.6 Å². The molecule has 2 aromatic rings. The predicted octanol–water partition coefficient (Wildman–Crippen LogP) is 2.31. The standard InChI is InChI=1S/C17H27ClN4O4Si/c1-9(2)27(10(3)4)26-13-11(6-23)25-17(14(13)24-5)22-8-21-12-15(18)19-7-20-16(12)22/h7-11,13-14,17,23,27H,6H2,1-5H3/t11-,13?,14?,17-/m1/s1. The first-order valence-electron chi connectivity index (χ1n) is 9.16. The number of aliphatic hydroxyl groups excluding tert-OH is 1. The maximum Gasteiger partial charge on any atom is 0.182 e. The number of methoxy groups -OCH3 is 1. The van der Waals surface area contributed by atoms with Crippen molar-refractivity contribution in [2.24, 2.45) is 0 Å². The molecule has 10 heteroatoms. The maximum atomic E-state index is 9.90. The van der Waals surface area contributed by atoms with Gasteiger partial charge in [-0.15, -0.1) is 0 Å². The molecule has 3 heterocycles. The fourth-order valence-electron chi connectivity index (χ4n) is 3.77. The molecule has 1 aliphatic rings. The zero-order valence-electron chi connectivity index (χ0n) is 16.2. The van der Waals surface area contributed by atoms with Crippen molar-refractivity contribution in [2.75, 3.05) is 13.7 Å². The minimum atomic E-state index is -1.54. The number of hydrogen-bond acceptors (Lipinski definition) is 7. The van der Waals surface area contributed by atoms with Crippen LogP contribution in [0.15, 0.2) is 12.7 Å². The maximum absolute atomic E-state index is 9.90. The van der Waals surface area contributed by atoms with Gasteiger partial charge in [-0.05, 0) is 11.1 Å². The number of ether oxygens (including phenoxy) is 2. The summed E-state index contributed by atoms with van der Waals surface area (Å²) in [6.45, 7) is 8.58. The van der Waals surface area contributed by atoms with Gasteiger partial charge < -0.3 is 19.0 Å². The molecular weight excluding hydrogens is 388 g/mol. The molecule has 0 bridgehead atoms. The molecule has 0 saturated carbocycles. The molecule has 27 heavy (non-hydrogen) atoms. The highest BCUT2D eigenvalue weighted by Gasteiger charge is 2.48. The zero-order chi connectivity index (χ0) is 19.7. The van der Waals surface area contributed by atoms with Crippen LogP contribution in [0.5, 0.6) is 0 Å². The first kappa shape index (κ1) is 20.6. The molecule has 2 aromatic heterocycles. The van der Waals surface area contributed by atoms with Gasteiger partial charge in [-0.25, -0.2) is 15.0 Å². The van der Waals surface area contributed by atoms with E-state index in [9.17, 15) is 5.11 Å². The first-order chi connectivity index (χ1) is 12.9. The van der Waals surface area contributed by atoms with Gasteiger partial charge in [0.2, 0.25) is 0 Å². The Bertz CT molecular complexity index is 766. The van der Waals surface area contributed by atoms with Gasteiger partial charge >= 0.3 is 0 Å². The van der Waals surface area contributed by atoms with Crippen LogP contribution in [0.3, 0.4) is 0 Å². The summed E-state index contributed by atoms with van der Waals surface area (Å²) >= 11 is 6.11. The second kappa shape index (κ2) is 8.50. The van der Waals surface area contributed by atoms with E-state index in [1.54, 1.807) is 18.0 Å². The van der Waals surface area contributed by atoms with E-state index in [4.69, 9.17) is 25.5 Å². The highest BCUT2D eigenvalue weighted by molar-refractivity contribution is 6.55. The quantitative estimate of drug-likeness (QED) is 0.549. The SMILES string of the molecule is COC1C(O[SiH](C(C)C)C(C)C)[C@@H](CO)O[C@H]1n1cnc2c(Cl)ncnc21. The molecule has 4 atom stereocenters. The summed E-state index contributed by atoms with van der Waals surface area (Å²) < 4.78 is 20.2. The van der Waals surface area contributed by atoms with Crippen LogP contribution in [0.2, 0.25) is 16.2 Å². The van der Waals surface area contributed by atoms with Crippen LogP contribution >= 0.6 is 11.6 Å². The van der Waals surface area contributed by atoms with E-state index in [-0.39, 0.29) is 17.9 Å². The summed E-state index contributed by atoms with van der Waals surface area (Å²) in [6, 6.07) is 0. The zero-order valence-corrected chi connectivity index (χ0v) is 18.2. The van der Waals surface area contributed by atoms with Crippen molar-refractivity contribution in [3.63, 3.8) is 0 Å². The van der Waals surface area contributed by atoms with Crippen molar-refractivity contribution in [1.29, 1.82) is 0 Å². The molecule has 0 radical (unpaired) electrons. The lowest BCUT2D eigenvalue weighted by molar-refractivity contribution is -0.0583. The van der Waals surface area contributed by atoms with Crippen molar-refractivity contribution in [3.8, 4) is 0 Å². The van der Waals surface area contributed by atoms with Gasteiger partial charge in [-0.1, -0.05) is 39.3 Å². The van der Waals surface area contributed by atoms with Crippen LogP contribution in [0.4, 0.5) is 0 Å². The molecule has 0 amide bonds. The second-order valence-electron chi connectivity index (χ2n) is 7.49. The van der Waals surface area contributed by atoms with Gasteiger partial charge in [-0.3, -0.25) is 4.57 Å². The topological polar surface area (TPSA) is 91.5 Å². The monoisotopic (exact) mass is 414 g/mol. The van der Waals surface area contributed by atoms with E-state index in [1.165, 1.54) is 6.33 Å². The molecule has 2 unspecified atom stereocenters. The van der Waals surface area contributed by atoms with E-state index >= 15 is 0 Å². The molecule has 0 spiro atoms. The van der Waals surface area contributed by atoms with Crippen LogP contribution in [0.1, 0.15) is 33.9 Å². The van der Waals surface area contributed by atoms with Crippen LogP contribution in [-0.2, 0) is 13.9 Å². The van der Waals surface area contributed by atoms with Crippen molar-refractivity contribution in [1.82, 2.24) is 19.5 Å². The molecule has 8 nitrogen and oxygen atoms in total. The molecule has 1 aliphatic heterocycles. The molecule has 3 rings (SSSR count). The van der Waals surface area contributed by atoms with Crippen molar-refractivity contribution in [2.45, 2.75) is 63.3 Å². The van der Waals surface area contributed by atoms with Crippen molar-refractivity contribution < 1.29 is 19.0 Å². The lowest BCUT2D eigenvalue weighted by Crippen LogP contribution is -2.43. The minimum absolute atomic E-state index is 0.152. The number of fused-ring (bicyclic) bond motifs is 1. The average molecular weight is 415 g/mol. The average Bonchev–Trinajstić information content (AvgIpc) is 3.20. The third-order valence-corrected chi connectivity index (χ3v) is 8.49. The summed E-state index contributed by atoms with van der Waals surface area (Å²) in [4.78, 5) is 12.5. The number of hydrogen-bond donors (Lipinski definition) is 1. The summed E-state index contributed by atoms with van der Waals surface area (Å²) in [5, 5.41) is 10.2. The van der Waals surface area contributed by atoms with Gasteiger partial charge in [0.25, 0.3) is 0 Å². The highest BCUT2D eigenvalue weighted by atomic mass is 35.5. The Hall–Kier alpha value is -1.10. The summed E-state index contributed by atoms with van der Waals surface area (Å²) in [7, 11) is 0.0797. The van der Waals surface area contributed by atoms with Crippen molar-refractivity contribution >= 4 is 31.8 Å². The summed E-state index contributed by atoms with van der Waals surface area (Å²) in [5.41, 5.74) is 1.98. The Morgan fingerprint density at radius 2 is 1.93 bits per heavy atom. The molecule has 1 fully saturated rings. The van der Waals surface area contributed by atoms with Crippen molar-refractivity contribution in [3.05, 3.63) is 17.8 Å². The van der Waals surface area contributed by atoms with Gasteiger partial charge in [0, 0.05) is 7.11 Å². The molecule has 1 saturated heterocycles. The Morgan fingerprint density at radius 1 is 1.22 bits per heavy atom. The number of rotatable bonds is 7. The van der Waals surface area contributed by atoms with E-state index in [0.717, 1.165) is 0 Å². The first-order valence-corrected chi connectivity index (χ1v) is 11.3. The fourth-order valence-corrected chi connectivity index (χ4v) is 6.81. The van der Waals surface area contributed by atoms with Gasteiger partial charge in [0.15, 0.2) is 26.1 Å². The third kappa shape index (κ3) is 3.89. The van der Waals surface area contributed by atoms with Gasteiger partial charge in [0.05, 0.1) is 12.9 Å². The highest BCUT2D eigenvalue weighted by Crippen LogP contribution is 2.37. The number of halogens is 1. The Balaban J connectivity index is 1.94. The molecule has 0 aromatic carbocycles. The summed E-state index contributed by atoms with van der Waals surface area (Å²) in [5.74, 6) is 0. The van der Waals surface area contributed by atoms with E-state index in [0.29, 0.717) is 22.2 Å². The van der Waals surface area contributed by atoms with Gasteiger partial charge in [0.1, 0.15) is 30.2 Å². The van der Waals surface area contributed by atoms with Crippen LogP contribution < -0.4 is 0 Å². The van der Waals surface area contributed by atoms with E-state index in [1.807, 2.05) is 0 Å². The lowest BCUT2D eigenvalue weighted by atomic mass is 10.1. The Labute approximate surface area is 165 Å². The number of imidazole rings is 1. The molecular formula is C17H27ClN4O4Si. The largest absolute Gasteiger partial charge is 0.411 e. The Morgan fingerprint density at radius 3 is 2.52 bits per heavy atom.